The molecule has 0 fully saturated rings. The van der Waals surface area contributed by atoms with Crippen molar-refractivity contribution >= 4 is 11.7 Å². The molecule has 1 aromatic heterocycles. The summed E-state index contributed by atoms with van der Waals surface area (Å²) in [5.41, 5.74) is 1.43. The summed E-state index contributed by atoms with van der Waals surface area (Å²) < 4.78 is 15.5. The van der Waals surface area contributed by atoms with Crippen molar-refractivity contribution in [3.8, 4) is 11.5 Å². The van der Waals surface area contributed by atoms with E-state index in [9.17, 15) is 4.79 Å². The van der Waals surface area contributed by atoms with Gasteiger partial charge >= 0.3 is 0 Å². The van der Waals surface area contributed by atoms with Gasteiger partial charge in [-0.05, 0) is 31.0 Å². The fourth-order valence-corrected chi connectivity index (χ4v) is 2.50. The van der Waals surface area contributed by atoms with Crippen LogP contribution in [0, 0.1) is 6.92 Å². The second-order valence-electron chi connectivity index (χ2n) is 5.80. The van der Waals surface area contributed by atoms with Crippen molar-refractivity contribution < 1.29 is 19.0 Å². The number of aromatic nitrogens is 2. The molecule has 8 heteroatoms. The summed E-state index contributed by atoms with van der Waals surface area (Å²) in [6.07, 6.45) is 0.763. The highest BCUT2D eigenvalue weighted by Gasteiger charge is 2.10. The summed E-state index contributed by atoms with van der Waals surface area (Å²) in [4.78, 5) is 20.7. The summed E-state index contributed by atoms with van der Waals surface area (Å²) in [7, 11) is 4.81. The van der Waals surface area contributed by atoms with Gasteiger partial charge in [-0.15, -0.1) is 0 Å². The summed E-state index contributed by atoms with van der Waals surface area (Å²) in [6, 6.07) is 7.46. The van der Waals surface area contributed by atoms with Gasteiger partial charge in [0.2, 0.25) is 0 Å². The zero-order chi connectivity index (χ0) is 19.6. The van der Waals surface area contributed by atoms with Gasteiger partial charge in [0.1, 0.15) is 17.3 Å². The predicted octanol–water partition coefficient (Wildman–Crippen LogP) is 1.83. The molecule has 0 unspecified atom stereocenters. The topological polar surface area (TPSA) is 94.6 Å². The lowest BCUT2D eigenvalue weighted by molar-refractivity contribution is 0.0931. The van der Waals surface area contributed by atoms with Gasteiger partial charge in [-0.3, -0.25) is 4.79 Å². The number of hydrogen-bond donors (Lipinski definition) is 2. The van der Waals surface area contributed by atoms with Gasteiger partial charge in [-0.2, -0.15) is 0 Å². The van der Waals surface area contributed by atoms with E-state index in [-0.39, 0.29) is 5.91 Å². The molecule has 0 radical (unpaired) electrons. The molecule has 146 valence electrons. The summed E-state index contributed by atoms with van der Waals surface area (Å²) >= 11 is 0. The molecular formula is C19H26N4O4. The molecule has 0 aliphatic rings. The van der Waals surface area contributed by atoms with Gasteiger partial charge in [0.25, 0.3) is 5.91 Å². The van der Waals surface area contributed by atoms with Crippen LogP contribution in [0.25, 0.3) is 0 Å². The standard InChI is InChI=1S/C19H26N4O4/c1-13-22-15(19(24)21-9-10-25-2)12-18(23-13)20-8-7-14-5-6-16(26-3)17(11-14)27-4/h5-6,11-12H,7-10H2,1-4H3,(H,21,24)(H,20,22,23). The van der Waals surface area contributed by atoms with Crippen LogP contribution in [-0.2, 0) is 11.2 Å². The maximum absolute atomic E-state index is 12.1. The Bertz CT molecular complexity index is 767. The molecule has 2 aromatic rings. The Kier molecular flexibility index (Phi) is 7.81. The minimum absolute atomic E-state index is 0.250. The van der Waals surface area contributed by atoms with Crippen LogP contribution in [0.1, 0.15) is 21.9 Å². The number of benzene rings is 1. The number of methoxy groups -OCH3 is 3. The number of hydrogen-bond acceptors (Lipinski definition) is 7. The Morgan fingerprint density at radius 2 is 1.81 bits per heavy atom. The number of nitrogens with one attached hydrogen (secondary N) is 2. The van der Waals surface area contributed by atoms with Gasteiger partial charge in [0, 0.05) is 26.3 Å². The van der Waals surface area contributed by atoms with Crippen LogP contribution in [0.15, 0.2) is 24.3 Å². The number of ether oxygens (including phenoxy) is 3. The molecule has 1 heterocycles. The number of aryl methyl sites for hydroxylation is 1. The average molecular weight is 374 g/mol. The van der Waals surface area contributed by atoms with Crippen molar-refractivity contribution in [1.29, 1.82) is 0 Å². The van der Waals surface area contributed by atoms with Crippen LogP contribution in [0.5, 0.6) is 11.5 Å². The molecule has 2 rings (SSSR count). The van der Waals surface area contributed by atoms with Crippen molar-refractivity contribution in [2.75, 3.05) is 46.3 Å². The Balaban J connectivity index is 1.96. The Morgan fingerprint density at radius 1 is 1.04 bits per heavy atom. The smallest absolute Gasteiger partial charge is 0.270 e. The van der Waals surface area contributed by atoms with Crippen LogP contribution in [0.2, 0.25) is 0 Å². The van der Waals surface area contributed by atoms with Gasteiger partial charge in [0.15, 0.2) is 11.5 Å². The van der Waals surface area contributed by atoms with Gasteiger partial charge in [0.05, 0.1) is 20.8 Å². The van der Waals surface area contributed by atoms with Crippen molar-refractivity contribution in [3.63, 3.8) is 0 Å². The molecule has 1 amide bonds. The first-order chi connectivity index (χ1) is 13.1. The van der Waals surface area contributed by atoms with Crippen molar-refractivity contribution in [1.82, 2.24) is 15.3 Å². The molecule has 0 saturated carbocycles. The lowest BCUT2D eigenvalue weighted by Gasteiger charge is -2.11. The normalized spacial score (nSPS) is 10.4. The highest BCUT2D eigenvalue weighted by Crippen LogP contribution is 2.27. The van der Waals surface area contributed by atoms with Crippen LogP contribution in [-0.4, -0.2) is 56.9 Å². The fourth-order valence-electron chi connectivity index (χ4n) is 2.50. The average Bonchev–Trinajstić information content (AvgIpc) is 2.67. The summed E-state index contributed by atoms with van der Waals surface area (Å²) in [6.45, 7) is 3.29. The van der Waals surface area contributed by atoms with Gasteiger partial charge in [-0.1, -0.05) is 6.07 Å². The molecule has 2 N–H and O–H groups in total. The fraction of sp³-hybridized carbons (Fsp3) is 0.421. The maximum atomic E-state index is 12.1. The number of anilines is 1. The first-order valence-corrected chi connectivity index (χ1v) is 8.65. The minimum atomic E-state index is -0.250. The van der Waals surface area contributed by atoms with Gasteiger partial charge in [-0.25, -0.2) is 9.97 Å². The SMILES string of the molecule is COCCNC(=O)c1cc(NCCc2ccc(OC)c(OC)c2)nc(C)n1. The van der Waals surface area contributed by atoms with Crippen molar-refractivity contribution in [2.24, 2.45) is 0 Å². The highest BCUT2D eigenvalue weighted by molar-refractivity contribution is 5.92. The number of carbonyl (C=O) groups excluding carboxylic acids is 1. The monoisotopic (exact) mass is 374 g/mol. The van der Waals surface area contributed by atoms with Crippen LogP contribution in [0.4, 0.5) is 5.82 Å². The second-order valence-corrected chi connectivity index (χ2v) is 5.80. The highest BCUT2D eigenvalue weighted by atomic mass is 16.5. The zero-order valence-corrected chi connectivity index (χ0v) is 16.2. The minimum Gasteiger partial charge on any atom is -0.493 e. The zero-order valence-electron chi connectivity index (χ0n) is 16.2. The Labute approximate surface area is 159 Å². The van der Waals surface area contributed by atoms with E-state index in [2.05, 4.69) is 20.6 Å². The van der Waals surface area contributed by atoms with E-state index in [0.717, 1.165) is 12.0 Å². The van der Waals surface area contributed by atoms with Crippen molar-refractivity contribution in [3.05, 3.63) is 41.3 Å². The van der Waals surface area contributed by atoms with Crippen molar-refractivity contribution in [2.45, 2.75) is 13.3 Å². The molecule has 0 atom stereocenters. The molecule has 0 aliphatic heterocycles. The van der Waals surface area contributed by atoms with Gasteiger partial charge < -0.3 is 24.8 Å². The van der Waals surface area contributed by atoms with E-state index in [4.69, 9.17) is 14.2 Å². The molecule has 1 aromatic carbocycles. The van der Waals surface area contributed by atoms with E-state index in [1.54, 1.807) is 34.3 Å². The Hall–Kier alpha value is -2.87. The van der Waals surface area contributed by atoms with Crippen LogP contribution in [0.3, 0.4) is 0 Å². The lowest BCUT2D eigenvalue weighted by Crippen LogP contribution is -2.28. The number of rotatable bonds is 10. The lowest BCUT2D eigenvalue weighted by atomic mass is 10.1. The van der Waals surface area contributed by atoms with E-state index < -0.39 is 0 Å². The molecular weight excluding hydrogens is 348 g/mol. The van der Waals surface area contributed by atoms with E-state index >= 15 is 0 Å². The second kappa shape index (κ2) is 10.3. The van der Waals surface area contributed by atoms with Crippen LogP contribution >= 0.6 is 0 Å². The predicted molar refractivity (Wildman–Crippen MR) is 103 cm³/mol. The first kappa shape index (κ1) is 20.4. The number of amides is 1. The molecule has 0 aliphatic carbocycles. The Morgan fingerprint density at radius 3 is 2.52 bits per heavy atom. The molecule has 0 saturated heterocycles. The third kappa shape index (κ3) is 6.10. The molecule has 0 bridgehead atoms. The summed E-state index contributed by atoms with van der Waals surface area (Å²) in [5.74, 6) is 2.29. The molecule has 27 heavy (non-hydrogen) atoms. The van der Waals surface area contributed by atoms with E-state index in [1.165, 1.54) is 0 Å². The summed E-state index contributed by atoms with van der Waals surface area (Å²) in [5, 5.41) is 5.99. The largest absolute Gasteiger partial charge is 0.493 e. The van der Waals surface area contributed by atoms with E-state index in [1.807, 2.05) is 18.2 Å². The molecule has 0 spiro atoms. The number of nitrogens with zero attached hydrogens (tertiary/aromatic N) is 2. The first-order valence-electron chi connectivity index (χ1n) is 8.65. The third-order valence-corrected chi connectivity index (χ3v) is 3.83. The third-order valence-electron chi connectivity index (χ3n) is 3.83. The van der Waals surface area contributed by atoms with Crippen LogP contribution < -0.4 is 20.1 Å². The number of carbonyl (C=O) groups is 1. The van der Waals surface area contributed by atoms with E-state index in [0.29, 0.717) is 48.5 Å². The maximum Gasteiger partial charge on any atom is 0.270 e. The quantitative estimate of drug-likeness (QED) is 0.613. The molecule has 8 nitrogen and oxygen atoms in total.